The van der Waals surface area contributed by atoms with Crippen molar-refractivity contribution in [3.63, 3.8) is 0 Å². The number of methoxy groups -OCH3 is 1. The first kappa shape index (κ1) is 18.8. The third-order valence-electron chi connectivity index (χ3n) is 3.58. The highest BCUT2D eigenvalue weighted by atomic mass is 79.9. The van der Waals surface area contributed by atoms with Gasteiger partial charge >= 0.3 is 0 Å². The highest BCUT2D eigenvalue weighted by Gasteiger charge is 2.12. The van der Waals surface area contributed by atoms with Crippen LogP contribution in [0.3, 0.4) is 0 Å². The van der Waals surface area contributed by atoms with E-state index >= 15 is 0 Å². The number of benzene rings is 2. The van der Waals surface area contributed by atoms with Crippen molar-refractivity contribution in [2.75, 3.05) is 34.3 Å². The number of hydrogen-bond acceptors (Lipinski definition) is 4. The molecule has 0 saturated carbocycles. The van der Waals surface area contributed by atoms with Gasteiger partial charge in [0.1, 0.15) is 6.61 Å². The van der Waals surface area contributed by atoms with Gasteiger partial charge in [0.05, 0.1) is 11.6 Å². The SMILES string of the molecule is COc1cc(CNCCN(C)C)cc(Br)c1OCc1ccccc1. The molecule has 2 rings (SSSR count). The maximum Gasteiger partial charge on any atom is 0.175 e. The number of likely N-dealkylation sites (N-methyl/N-ethyl adjacent to an activating group) is 1. The van der Waals surface area contributed by atoms with Crippen LogP contribution in [0.2, 0.25) is 0 Å². The van der Waals surface area contributed by atoms with Crippen LogP contribution in [0.5, 0.6) is 11.5 Å². The Morgan fingerprint density at radius 1 is 1.08 bits per heavy atom. The second-order valence-electron chi connectivity index (χ2n) is 5.86. The molecule has 0 aliphatic carbocycles. The average Bonchev–Trinajstić information content (AvgIpc) is 2.58. The van der Waals surface area contributed by atoms with Crippen molar-refractivity contribution in [1.82, 2.24) is 10.2 Å². The van der Waals surface area contributed by atoms with Gasteiger partial charge in [-0.25, -0.2) is 0 Å². The van der Waals surface area contributed by atoms with Gasteiger partial charge in [-0.2, -0.15) is 0 Å². The van der Waals surface area contributed by atoms with E-state index in [9.17, 15) is 0 Å². The van der Waals surface area contributed by atoms with Gasteiger partial charge in [0.15, 0.2) is 11.5 Å². The summed E-state index contributed by atoms with van der Waals surface area (Å²) in [6, 6.07) is 14.2. The van der Waals surface area contributed by atoms with Gasteiger partial charge in [0, 0.05) is 19.6 Å². The Morgan fingerprint density at radius 3 is 2.50 bits per heavy atom. The predicted octanol–water partition coefficient (Wildman–Crippen LogP) is 3.69. The number of hydrogen-bond donors (Lipinski definition) is 1. The highest BCUT2D eigenvalue weighted by Crippen LogP contribution is 2.37. The van der Waals surface area contributed by atoms with Crippen LogP contribution in [0.1, 0.15) is 11.1 Å². The molecule has 0 heterocycles. The van der Waals surface area contributed by atoms with Gasteiger partial charge in [-0.15, -0.1) is 0 Å². The van der Waals surface area contributed by atoms with Gasteiger partial charge in [-0.05, 0) is 53.3 Å². The van der Waals surface area contributed by atoms with E-state index in [4.69, 9.17) is 9.47 Å². The molecule has 0 aromatic heterocycles. The van der Waals surface area contributed by atoms with Crippen LogP contribution in [0, 0.1) is 0 Å². The van der Waals surface area contributed by atoms with E-state index in [0.717, 1.165) is 46.7 Å². The molecule has 24 heavy (non-hydrogen) atoms. The minimum absolute atomic E-state index is 0.510. The fourth-order valence-corrected chi connectivity index (χ4v) is 2.88. The fraction of sp³-hybridized carbons (Fsp3) is 0.368. The molecule has 0 aliphatic rings. The maximum absolute atomic E-state index is 5.96. The molecule has 2 aromatic carbocycles. The number of nitrogens with one attached hydrogen (secondary N) is 1. The summed E-state index contributed by atoms with van der Waals surface area (Å²) in [5.41, 5.74) is 2.28. The van der Waals surface area contributed by atoms with E-state index in [1.165, 1.54) is 0 Å². The lowest BCUT2D eigenvalue weighted by atomic mass is 10.2. The summed E-state index contributed by atoms with van der Waals surface area (Å²) >= 11 is 3.60. The molecule has 0 unspecified atom stereocenters. The first-order valence-electron chi connectivity index (χ1n) is 7.98. The van der Waals surface area contributed by atoms with Gasteiger partial charge in [-0.1, -0.05) is 30.3 Å². The van der Waals surface area contributed by atoms with Crippen LogP contribution in [0.15, 0.2) is 46.9 Å². The zero-order valence-corrected chi connectivity index (χ0v) is 16.1. The Labute approximate surface area is 152 Å². The summed E-state index contributed by atoms with van der Waals surface area (Å²) in [6.45, 7) is 3.26. The highest BCUT2D eigenvalue weighted by molar-refractivity contribution is 9.10. The van der Waals surface area contributed by atoms with E-state index in [1.807, 2.05) is 36.4 Å². The minimum Gasteiger partial charge on any atom is -0.493 e. The molecule has 0 spiro atoms. The Balaban J connectivity index is 2.01. The minimum atomic E-state index is 0.510. The third-order valence-corrected chi connectivity index (χ3v) is 4.17. The molecule has 2 aromatic rings. The van der Waals surface area contributed by atoms with Gasteiger partial charge in [0.25, 0.3) is 0 Å². The monoisotopic (exact) mass is 392 g/mol. The van der Waals surface area contributed by atoms with E-state index < -0.39 is 0 Å². The second-order valence-corrected chi connectivity index (χ2v) is 6.72. The van der Waals surface area contributed by atoms with Crippen molar-refractivity contribution in [2.45, 2.75) is 13.2 Å². The summed E-state index contributed by atoms with van der Waals surface area (Å²) in [5, 5.41) is 3.43. The summed E-state index contributed by atoms with van der Waals surface area (Å²) < 4.78 is 12.4. The Hall–Kier alpha value is -1.56. The predicted molar refractivity (Wildman–Crippen MR) is 102 cm³/mol. The normalized spacial score (nSPS) is 10.9. The first-order valence-corrected chi connectivity index (χ1v) is 8.78. The second kappa shape index (κ2) is 9.67. The lowest BCUT2D eigenvalue weighted by Gasteiger charge is -2.15. The standard InChI is InChI=1S/C19H25BrN2O2/c1-22(2)10-9-21-13-16-11-17(20)19(18(12-16)23-3)24-14-15-7-5-4-6-8-15/h4-8,11-12,21H,9-10,13-14H2,1-3H3. The van der Waals surface area contributed by atoms with Gasteiger partial charge in [-0.3, -0.25) is 0 Å². The average molecular weight is 393 g/mol. The van der Waals surface area contributed by atoms with Crippen LogP contribution in [-0.2, 0) is 13.2 Å². The molecule has 130 valence electrons. The van der Waals surface area contributed by atoms with Crippen LogP contribution in [0.4, 0.5) is 0 Å². The molecule has 0 amide bonds. The molecule has 0 bridgehead atoms. The van der Waals surface area contributed by atoms with E-state index in [-0.39, 0.29) is 0 Å². The molecule has 0 fully saturated rings. The van der Waals surface area contributed by atoms with Crippen molar-refractivity contribution in [3.05, 3.63) is 58.1 Å². The summed E-state index contributed by atoms with van der Waals surface area (Å²) in [4.78, 5) is 2.16. The molecule has 0 atom stereocenters. The number of nitrogens with zero attached hydrogens (tertiary/aromatic N) is 1. The summed E-state index contributed by atoms with van der Waals surface area (Å²) in [5.74, 6) is 1.48. The van der Waals surface area contributed by atoms with Crippen LogP contribution >= 0.6 is 15.9 Å². The lowest BCUT2D eigenvalue weighted by Crippen LogP contribution is -2.26. The molecule has 0 aliphatic heterocycles. The molecule has 1 N–H and O–H groups in total. The topological polar surface area (TPSA) is 33.7 Å². The quantitative estimate of drug-likeness (QED) is 0.659. The first-order chi connectivity index (χ1) is 11.6. The third kappa shape index (κ3) is 5.82. The zero-order chi connectivity index (χ0) is 17.4. The van der Waals surface area contributed by atoms with E-state index in [1.54, 1.807) is 7.11 Å². The maximum atomic E-state index is 5.96. The van der Waals surface area contributed by atoms with Gasteiger partial charge < -0.3 is 19.7 Å². The largest absolute Gasteiger partial charge is 0.493 e. The van der Waals surface area contributed by atoms with Crippen molar-refractivity contribution < 1.29 is 9.47 Å². The molecule has 0 radical (unpaired) electrons. The smallest absolute Gasteiger partial charge is 0.175 e. The Morgan fingerprint density at radius 2 is 1.83 bits per heavy atom. The Bertz CT molecular complexity index is 633. The Kier molecular flexibility index (Phi) is 7.56. The van der Waals surface area contributed by atoms with E-state index in [2.05, 4.69) is 46.3 Å². The summed E-state index contributed by atoms with van der Waals surface area (Å²) in [7, 11) is 5.81. The molecule has 4 nitrogen and oxygen atoms in total. The summed E-state index contributed by atoms with van der Waals surface area (Å²) in [6.07, 6.45) is 0. The fourth-order valence-electron chi connectivity index (χ4n) is 2.28. The lowest BCUT2D eigenvalue weighted by molar-refractivity contribution is 0.282. The van der Waals surface area contributed by atoms with Crippen LogP contribution in [0.25, 0.3) is 0 Å². The van der Waals surface area contributed by atoms with Crippen LogP contribution < -0.4 is 14.8 Å². The van der Waals surface area contributed by atoms with Crippen molar-refractivity contribution in [1.29, 1.82) is 0 Å². The molecular weight excluding hydrogens is 368 g/mol. The van der Waals surface area contributed by atoms with Crippen molar-refractivity contribution in [3.8, 4) is 11.5 Å². The molecular formula is C19H25BrN2O2. The molecule has 0 saturated heterocycles. The number of rotatable bonds is 9. The van der Waals surface area contributed by atoms with Gasteiger partial charge in [0.2, 0.25) is 0 Å². The van der Waals surface area contributed by atoms with Crippen molar-refractivity contribution in [2.24, 2.45) is 0 Å². The van der Waals surface area contributed by atoms with Crippen molar-refractivity contribution >= 4 is 15.9 Å². The van der Waals surface area contributed by atoms with Crippen LogP contribution in [-0.4, -0.2) is 39.2 Å². The number of ether oxygens (including phenoxy) is 2. The number of halogens is 1. The molecule has 5 heteroatoms. The van der Waals surface area contributed by atoms with E-state index in [0.29, 0.717) is 6.61 Å². The zero-order valence-electron chi connectivity index (χ0n) is 14.5.